The van der Waals surface area contributed by atoms with Gasteiger partial charge in [-0.1, -0.05) is 56.0 Å². The van der Waals surface area contributed by atoms with Crippen molar-refractivity contribution in [3.05, 3.63) is 35.9 Å². The van der Waals surface area contributed by atoms with Gasteiger partial charge in [0.15, 0.2) is 0 Å². The van der Waals surface area contributed by atoms with E-state index >= 15 is 0 Å². The highest BCUT2D eigenvalue weighted by Gasteiger charge is 2.40. The zero-order valence-corrected chi connectivity index (χ0v) is 16.8. The number of carbonyl (C=O) groups excluding carboxylic acids is 2. The summed E-state index contributed by atoms with van der Waals surface area (Å²) in [5.74, 6) is -0.254. The lowest BCUT2D eigenvalue weighted by Gasteiger charge is -2.35. The first-order chi connectivity index (χ1) is 12.3. The molecule has 1 saturated carbocycles. The van der Waals surface area contributed by atoms with Crippen molar-refractivity contribution in [3.63, 3.8) is 0 Å². The van der Waals surface area contributed by atoms with Gasteiger partial charge in [-0.2, -0.15) is 0 Å². The summed E-state index contributed by atoms with van der Waals surface area (Å²) in [6, 6.07) is 10.2. The summed E-state index contributed by atoms with van der Waals surface area (Å²) in [7, 11) is 0. The van der Waals surface area contributed by atoms with Crippen molar-refractivity contribution in [2.24, 2.45) is 5.41 Å². The molecular formula is C22H34N2O2. The van der Waals surface area contributed by atoms with Crippen LogP contribution < -0.4 is 5.32 Å². The zero-order valence-electron chi connectivity index (χ0n) is 16.8. The summed E-state index contributed by atoms with van der Waals surface area (Å²) in [4.78, 5) is 27.9. The van der Waals surface area contributed by atoms with Crippen molar-refractivity contribution in [3.8, 4) is 0 Å². The SMILES string of the molecule is CC(C)N(Cc1ccccc1)C(=O)C(C)(C)C(=O)NC1CCCCCC1. The number of amides is 2. The molecule has 1 N–H and O–H groups in total. The summed E-state index contributed by atoms with van der Waals surface area (Å²) in [5, 5.41) is 3.15. The molecule has 1 aromatic rings. The Morgan fingerprint density at radius 1 is 1.08 bits per heavy atom. The Morgan fingerprint density at radius 2 is 1.65 bits per heavy atom. The molecule has 0 spiro atoms. The Hall–Kier alpha value is -1.84. The molecule has 2 amide bonds. The molecule has 144 valence electrons. The smallest absolute Gasteiger partial charge is 0.238 e. The second-order valence-electron chi connectivity index (χ2n) is 8.30. The fourth-order valence-electron chi connectivity index (χ4n) is 3.51. The first-order valence-electron chi connectivity index (χ1n) is 9.98. The van der Waals surface area contributed by atoms with Crippen LogP contribution in [0.15, 0.2) is 30.3 Å². The normalized spacial score (nSPS) is 16.2. The number of hydrogen-bond donors (Lipinski definition) is 1. The van der Waals surface area contributed by atoms with Crippen LogP contribution in [-0.2, 0) is 16.1 Å². The number of nitrogens with zero attached hydrogens (tertiary/aromatic N) is 1. The molecule has 0 bridgehead atoms. The van der Waals surface area contributed by atoms with Crippen LogP contribution in [0.25, 0.3) is 0 Å². The highest BCUT2D eigenvalue weighted by molar-refractivity contribution is 6.04. The van der Waals surface area contributed by atoms with Gasteiger partial charge in [-0.25, -0.2) is 0 Å². The molecule has 0 atom stereocenters. The van der Waals surface area contributed by atoms with E-state index in [0.29, 0.717) is 6.54 Å². The van der Waals surface area contributed by atoms with Crippen LogP contribution in [0.1, 0.15) is 71.8 Å². The van der Waals surface area contributed by atoms with Gasteiger partial charge in [0.25, 0.3) is 0 Å². The fraction of sp³-hybridized carbons (Fsp3) is 0.636. The molecule has 0 aromatic heterocycles. The quantitative estimate of drug-likeness (QED) is 0.609. The van der Waals surface area contributed by atoms with Gasteiger partial charge in [-0.3, -0.25) is 9.59 Å². The average molecular weight is 359 g/mol. The van der Waals surface area contributed by atoms with Gasteiger partial charge < -0.3 is 10.2 Å². The molecule has 4 nitrogen and oxygen atoms in total. The Morgan fingerprint density at radius 3 is 2.19 bits per heavy atom. The standard InChI is InChI=1S/C22H34N2O2/c1-17(2)24(16-18-12-8-7-9-13-18)21(26)22(3,4)20(25)23-19-14-10-5-6-11-15-19/h7-9,12-13,17,19H,5-6,10-11,14-16H2,1-4H3,(H,23,25). The van der Waals surface area contributed by atoms with Gasteiger partial charge >= 0.3 is 0 Å². The minimum atomic E-state index is -1.06. The van der Waals surface area contributed by atoms with Crippen LogP contribution >= 0.6 is 0 Å². The second kappa shape index (κ2) is 9.20. The maximum Gasteiger partial charge on any atom is 0.238 e. The third-order valence-corrected chi connectivity index (χ3v) is 5.37. The highest BCUT2D eigenvalue weighted by Crippen LogP contribution is 2.25. The maximum absolute atomic E-state index is 13.2. The molecular weight excluding hydrogens is 324 g/mol. The van der Waals surface area contributed by atoms with E-state index in [9.17, 15) is 9.59 Å². The maximum atomic E-state index is 13.2. The monoisotopic (exact) mass is 358 g/mol. The van der Waals surface area contributed by atoms with Crippen molar-refractivity contribution in [1.29, 1.82) is 0 Å². The van der Waals surface area contributed by atoms with Crippen LogP contribution in [0.2, 0.25) is 0 Å². The van der Waals surface area contributed by atoms with Gasteiger partial charge in [0, 0.05) is 18.6 Å². The van der Waals surface area contributed by atoms with E-state index in [2.05, 4.69) is 5.32 Å². The number of carbonyl (C=O) groups is 2. The molecule has 0 radical (unpaired) electrons. The first-order valence-corrected chi connectivity index (χ1v) is 9.98. The predicted molar refractivity (Wildman–Crippen MR) is 106 cm³/mol. The lowest BCUT2D eigenvalue weighted by atomic mass is 9.88. The van der Waals surface area contributed by atoms with Gasteiger partial charge in [-0.05, 0) is 46.1 Å². The largest absolute Gasteiger partial charge is 0.352 e. The molecule has 4 heteroatoms. The zero-order chi connectivity index (χ0) is 19.2. The summed E-state index contributed by atoms with van der Waals surface area (Å²) < 4.78 is 0. The number of rotatable bonds is 6. The van der Waals surface area contributed by atoms with Gasteiger partial charge in [0.2, 0.25) is 11.8 Å². The van der Waals surface area contributed by atoms with Crippen molar-refractivity contribution in [1.82, 2.24) is 10.2 Å². The van der Waals surface area contributed by atoms with E-state index in [1.165, 1.54) is 12.8 Å². The molecule has 26 heavy (non-hydrogen) atoms. The van der Waals surface area contributed by atoms with Crippen LogP contribution in [0.4, 0.5) is 0 Å². The summed E-state index contributed by atoms with van der Waals surface area (Å²) in [5.41, 5.74) is 0.0141. The molecule has 1 aliphatic carbocycles. The molecule has 0 aliphatic heterocycles. The third kappa shape index (κ3) is 5.33. The Labute approximate surface area is 158 Å². The predicted octanol–water partition coefficient (Wildman–Crippen LogP) is 4.29. The third-order valence-electron chi connectivity index (χ3n) is 5.37. The van der Waals surface area contributed by atoms with Crippen LogP contribution in [-0.4, -0.2) is 28.8 Å². The fourth-order valence-corrected chi connectivity index (χ4v) is 3.51. The van der Waals surface area contributed by atoms with E-state index in [-0.39, 0.29) is 23.9 Å². The van der Waals surface area contributed by atoms with E-state index in [4.69, 9.17) is 0 Å². The van der Waals surface area contributed by atoms with Gasteiger partial charge in [-0.15, -0.1) is 0 Å². The second-order valence-corrected chi connectivity index (χ2v) is 8.30. The minimum absolute atomic E-state index is 0.0349. The van der Waals surface area contributed by atoms with Crippen LogP contribution in [0.5, 0.6) is 0 Å². The number of hydrogen-bond acceptors (Lipinski definition) is 2. The lowest BCUT2D eigenvalue weighted by Crippen LogP contribution is -2.53. The average Bonchev–Trinajstić information content (AvgIpc) is 2.88. The Bertz CT molecular complexity index is 587. The topological polar surface area (TPSA) is 49.4 Å². The van der Waals surface area contributed by atoms with Gasteiger partial charge in [0.1, 0.15) is 5.41 Å². The van der Waals surface area contributed by atoms with E-state index in [1.54, 1.807) is 13.8 Å². The number of nitrogens with one attached hydrogen (secondary N) is 1. The van der Waals surface area contributed by atoms with Crippen LogP contribution in [0, 0.1) is 5.41 Å². The van der Waals surface area contributed by atoms with Crippen molar-refractivity contribution in [2.45, 2.75) is 84.8 Å². The Balaban J connectivity index is 2.07. The molecule has 2 rings (SSSR count). The summed E-state index contributed by atoms with van der Waals surface area (Å²) in [6.45, 7) is 8.03. The minimum Gasteiger partial charge on any atom is -0.352 e. The Kier molecular flexibility index (Phi) is 7.24. The highest BCUT2D eigenvalue weighted by atomic mass is 16.2. The molecule has 1 fully saturated rings. The molecule has 0 heterocycles. The molecule has 1 aromatic carbocycles. The first kappa shape index (κ1) is 20.5. The lowest BCUT2D eigenvalue weighted by molar-refractivity contribution is -0.150. The number of benzene rings is 1. The summed E-state index contributed by atoms with van der Waals surface area (Å²) in [6.07, 6.45) is 6.85. The van der Waals surface area contributed by atoms with E-state index < -0.39 is 5.41 Å². The molecule has 0 saturated heterocycles. The van der Waals surface area contributed by atoms with Gasteiger partial charge in [0.05, 0.1) is 0 Å². The van der Waals surface area contributed by atoms with Crippen molar-refractivity contribution in [2.75, 3.05) is 0 Å². The molecule has 0 unspecified atom stereocenters. The van der Waals surface area contributed by atoms with Crippen molar-refractivity contribution < 1.29 is 9.59 Å². The van der Waals surface area contributed by atoms with E-state index in [1.807, 2.05) is 49.1 Å². The van der Waals surface area contributed by atoms with Crippen molar-refractivity contribution >= 4 is 11.8 Å². The van der Waals surface area contributed by atoms with E-state index in [0.717, 1.165) is 31.2 Å². The van der Waals surface area contributed by atoms with Crippen LogP contribution in [0.3, 0.4) is 0 Å². The molecule has 1 aliphatic rings. The summed E-state index contributed by atoms with van der Waals surface area (Å²) >= 11 is 0.